The Kier molecular flexibility index (Phi) is 2.43. The molecule has 2 aromatic heterocycles. The molecule has 0 unspecified atom stereocenters. The summed E-state index contributed by atoms with van der Waals surface area (Å²) in [5.74, 6) is -0.600. The first-order valence-corrected chi connectivity index (χ1v) is 4.88. The maximum absolute atomic E-state index is 11.1. The number of hydrogen-bond acceptors (Lipinski definition) is 4. The number of aromatic carboxylic acids is 1. The van der Waals surface area contributed by atoms with E-state index in [4.69, 9.17) is 16.7 Å². The van der Waals surface area contributed by atoms with E-state index in [2.05, 4.69) is 15.3 Å². The number of rotatable bonds is 2. The van der Waals surface area contributed by atoms with Crippen molar-refractivity contribution in [2.75, 3.05) is 12.4 Å². The van der Waals surface area contributed by atoms with Crippen LogP contribution < -0.4 is 5.32 Å². The fourth-order valence-corrected chi connectivity index (χ4v) is 1.74. The summed E-state index contributed by atoms with van der Waals surface area (Å²) in [5.41, 5.74) is 0.964. The van der Waals surface area contributed by atoms with E-state index in [0.29, 0.717) is 17.2 Å². The van der Waals surface area contributed by atoms with Crippen LogP contribution in [0, 0.1) is 6.92 Å². The van der Waals surface area contributed by atoms with Crippen molar-refractivity contribution in [3.05, 3.63) is 22.7 Å². The normalized spacial score (nSPS) is 10.7. The molecule has 0 bridgehead atoms. The highest BCUT2D eigenvalue weighted by Gasteiger charge is 2.18. The van der Waals surface area contributed by atoms with Crippen molar-refractivity contribution >= 4 is 29.0 Å². The first-order chi connectivity index (χ1) is 7.54. The highest BCUT2D eigenvalue weighted by atomic mass is 35.5. The molecule has 0 atom stereocenters. The molecular formula is C9H9ClN4O2. The smallest absolute Gasteiger partial charge is 0.354 e. The Balaban J connectivity index is 2.89. The van der Waals surface area contributed by atoms with Crippen LogP contribution in [0.3, 0.4) is 0 Å². The lowest BCUT2D eigenvalue weighted by atomic mass is 10.3. The molecule has 2 N–H and O–H groups in total. The first kappa shape index (κ1) is 10.7. The maximum Gasteiger partial charge on any atom is 0.354 e. The van der Waals surface area contributed by atoms with Crippen molar-refractivity contribution in [2.24, 2.45) is 0 Å². The predicted molar refractivity (Wildman–Crippen MR) is 59.2 cm³/mol. The molecule has 84 valence electrons. The molecule has 0 aliphatic carbocycles. The second-order valence-electron chi connectivity index (χ2n) is 3.21. The van der Waals surface area contributed by atoms with Crippen molar-refractivity contribution in [2.45, 2.75) is 6.92 Å². The third kappa shape index (κ3) is 1.47. The number of anilines is 1. The minimum absolute atomic E-state index is 0.0933. The number of carboxylic acid groups (broad SMARTS) is 1. The van der Waals surface area contributed by atoms with Gasteiger partial charge in [-0.3, -0.25) is 4.40 Å². The lowest BCUT2D eigenvalue weighted by Crippen LogP contribution is -2.05. The van der Waals surface area contributed by atoms with Gasteiger partial charge in [-0.1, -0.05) is 11.6 Å². The van der Waals surface area contributed by atoms with Crippen LogP contribution in [0.15, 0.2) is 6.20 Å². The standard InChI is InChI=1S/C9H9ClN4O2/c1-4-6(9(15)16)14-3-5(10)13-7(11-2)8(14)12-4/h3H,1-2H3,(H,11,13)(H,15,16). The third-order valence-corrected chi connectivity index (χ3v) is 2.37. The van der Waals surface area contributed by atoms with Gasteiger partial charge >= 0.3 is 5.97 Å². The van der Waals surface area contributed by atoms with Crippen LogP contribution >= 0.6 is 11.6 Å². The lowest BCUT2D eigenvalue weighted by Gasteiger charge is -2.03. The number of carbonyl (C=O) groups is 1. The number of halogens is 1. The molecule has 2 rings (SSSR count). The molecule has 0 aromatic carbocycles. The van der Waals surface area contributed by atoms with Gasteiger partial charge in [-0.2, -0.15) is 0 Å². The van der Waals surface area contributed by atoms with Crippen LogP contribution in [-0.4, -0.2) is 32.5 Å². The molecule has 7 heteroatoms. The molecular weight excluding hydrogens is 232 g/mol. The predicted octanol–water partition coefficient (Wildman–Crippen LogP) is 1.43. The molecule has 6 nitrogen and oxygen atoms in total. The van der Waals surface area contributed by atoms with Gasteiger partial charge < -0.3 is 10.4 Å². The molecule has 0 aliphatic rings. The maximum atomic E-state index is 11.1. The average molecular weight is 241 g/mol. The summed E-state index contributed by atoms with van der Waals surface area (Å²) in [7, 11) is 1.67. The number of hydrogen-bond donors (Lipinski definition) is 2. The summed E-state index contributed by atoms with van der Waals surface area (Å²) < 4.78 is 1.42. The molecule has 0 aliphatic heterocycles. The molecule has 0 saturated heterocycles. The van der Waals surface area contributed by atoms with Gasteiger partial charge in [0.25, 0.3) is 0 Å². The molecule has 2 aromatic rings. The Hall–Kier alpha value is -1.82. The van der Waals surface area contributed by atoms with E-state index >= 15 is 0 Å². The number of aryl methyl sites for hydroxylation is 1. The van der Waals surface area contributed by atoms with Crippen molar-refractivity contribution < 1.29 is 9.90 Å². The van der Waals surface area contributed by atoms with Crippen LogP contribution in [0.4, 0.5) is 5.82 Å². The van der Waals surface area contributed by atoms with Crippen LogP contribution in [0.1, 0.15) is 16.2 Å². The number of nitrogens with zero attached hydrogens (tertiary/aromatic N) is 3. The van der Waals surface area contributed by atoms with Gasteiger partial charge in [0.15, 0.2) is 17.2 Å². The van der Waals surface area contributed by atoms with Gasteiger partial charge in [0.2, 0.25) is 0 Å². The molecule has 2 heterocycles. The highest BCUT2D eigenvalue weighted by Crippen LogP contribution is 2.20. The SMILES string of the molecule is CNc1nc(Cl)cn2c(C(=O)O)c(C)nc12. The fourth-order valence-electron chi connectivity index (χ4n) is 1.56. The number of imidazole rings is 1. The molecule has 0 amide bonds. The minimum Gasteiger partial charge on any atom is -0.477 e. The van der Waals surface area contributed by atoms with E-state index in [1.165, 1.54) is 10.6 Å². The Morgan fingerprint density at radius 2 is 2.25 bits per heavy atom. The lowest BCUT2D eigenvalue weighted by molar-refractivity contribution is 0.0688. The van der Waals surface area contributed by atoms with Gasteiger partial charge in [0, 0.05) is 13.2 Å². The zero-order chi connectivity index (χ0) is 11.9. The van der Waals surface area contributed by atoms with E-state index in [-0.39, 0.29) is 10.8 Å². The monoisotopic (exact) mass is 240 g/mol. The number of aromatic nitrogens is 3. The van der Waals surface area contributed by atoms with Crippen LogP contribution in [0.25, 0.3) is 5.65 Å². The highest BCUT2D eigenvalue weighted by molar-refractivity contribution is 6.29. The first-order valence-electron chi connectivity index (χ1n) is 4.51. The van der Waals surface area contributed by atoms with Crippen molar-refractivity contribution in [1.29, 1.82) is 0 Å². The Labute approximate surface area is 95.9 Å². The Bertz CT molecular complexity index is 578. The van der Waals surface area contributed by atoms with Crippen molar-refractivity contribution in [1.82, 2.24) is 14.4 Å². The fraction of sp³-hybridized carbons (Fsp3) is 0.222. The zero-order valence-corrected chi connectivity index (χ0v) is 9.41. The zero-order valence-electron chi connectivity index (χ0n) is 8.65. The molecule has 0 fully saturated rings. The Morgan fingerprint density at radius 3 is 2.81 bits per heavy atom. The number of carboxylic acids is 1. The van der Waals surface area contributed by atoms with E-state index in [1.807, 2.05) is 0 Å². The quantitative estimate of drug-likeness (QED) is 0.830. The van der Waals surface area contributed by atoms with Gasteiger partial charge in [-0.25, -0.2) is 14.8 Å². The summed E-state index contributed by atoms with van der Waals surface area (Å²) in [6, 6.07) is 0. The molecule has 0 radical (unpaired) electrons. The summed E-state index contributed by atoms with van der Waals surface area (Å²) in [6.07, 6.45) is 1.43. The van der Waals surface area contributed by atoms with Crippen LogP contribution in [0.2, 0.25) is 5.15 Å². The van der Waals surface area contributed by atoms with E-state index < -0.39 is 5.97 Å². The summed E-state index contributed by atoms with van der Waals surface area (Å²) >= 11 is 5.80. The Morgan fingerprint density at radius 1 is 1.56 bits per heavy atom. The second kappa shape index (κ2) is 3.64. The van der Waals surface area contributed by atoms with E-state index in [9.17, 15) is 4.79 Å². The van der Waals surface area contributed by atoms with Gasteiger partial charge in [-0.05, 0) is 6.92 Å². The number of nitrogens with one attached hydrogen (secondary N) is 1. The molecule has 0 spiro atoms. The average Bonchev–Trinajstić information content (AvgIpc) is 2.52. The summed E-state index contributed by atoms with van der Waals surface area (Å²) in [5, 5.41) is 12.1. The van der Waals surface area contributed by atoms with Gasteiger partial charge in [0.05, 0.1) is 5.69 Å². The second-order valence-corrected chi connectivity index (χ2v) is 3.59. The molecule has 0 saturated carbocycles. The van der Waals surface area contributed by atoms with Gasteiger partial charge in [0.1, 0.15) is 5.15 Å². The minimum atomic E-state index is -1.05. The van der Waals surface area contributed by atoms with Crippen LogP contribution in [-0.2, 0) is 0 Å². The molecule has 16 heavy (non-hydrogen) atoms. The topological polar surface area (TPSA) is 79.5 Å². The van der Waals surface area contributed by atoms with E-state index in [1.54, 1.807) is 14.0 Å². The van der Waals surface area contributed by atoms with Gasteiger partial charge in [-0.15, -0.1) is 0 Å². The van der Waals surface area contributed by atoms with Crippen molar-refractivity contribution in [3.8, 4) is 0 Å². The van der Waals surface area contributed by atoms with E-state index in [0.717, 1.165) is 0 Å². The van der Waals surface area contributed by atoms with Crippen LogP contribution in [0.5, 0.6) is 0 Å². The number of fused-ring (bicyclic) bond motifs is 1. The largest absolute Gasteiger partial charge is 0.477 e. The third-order valence-electron chi connectivity index (χ3n) is 2.19. The summed E-state index contributed by atoms with van der Waals surface area (Å²) in [4.78, 5) is 19.2. The van der Waals surface area contributed by atoms with Crippen molar-refractivity contribution in [3.63, 3.8) is 0 Å². The summed E-state index contributed by atoms with van der Waals surface area (Å²) in [6.45, 7) is 1.63.